The van der Waals surface area contributed by atoms with E-state index in [1.54, 1.807) is 0 Å². The van der Waals surface area contributed by atoms with E-state index in [9.17, 15) is 0 Å². The van der Waals surface area contributed by atoms with Gasteiger partial charge in [0.15, 0.2) is 0 Å². The Hall–Kier alpha value is -3.56. The minimum Gasteiger partial charge on any atom is -0.296 e. The Morgan fingerprint density at radius 2 is 0.619 bits per heavy atom. The van der Waals surface area contributed by atoms with Crippen LogP contribution in [0.5, 0.6) is 0 Å². The molecular formula is C34H44N8. The fraction of sp³-hybridized carbons (Fsp3) is 0.412. The average molecular weight is 565 g/mol. The minimum atomic E-state index is 0.849. The monoisotopic (exact) mass is 564 g/mol. The Labute approximate surface area is 251 Å². The molecule has 0 aromatic carbocycles. The first-order valence-electron chi connectivity index (χ1n) is 15.3. The molecule has 0 unspecified atom stereocenters. The molecule has 1 aliphatic rings. The summed E-state index contributed by atoms with van der Waals surface area (Å²) in [5, 5.41) is 0. The van der Waals surface area contributed by atoms with E-state index in [4.69, 9.17) is 0 Å². The molecule has 1 aliphatic heterocycles. The average Bonchev–Trinajstić information content (AvgIpc) is 3.04. The normalized spacial score (nSPS) is 17.5. The topological polar surface area (TPSA) is 64.5 Å². The summed E-state index contributed by atoms with van der Waals surface area (Å²) in [5.41, 5.74) is 4.50. The van der Waals surface area contributed by atoms with Gasteiger partial charge in [0.05, 0.1) is 22.8 Å². The van der Waals surface area contributed by atoms with Gasteiger partial charge in [0.2, 0.25) is 0 Å². The summed E-state index contributed by atoms with van der Waals surface area (Å²) < 4.78 is 0. The molecule has 4 aromatic rings. The summed E-state index contributed by atoms with van der Waals surface area (Å²) in [6.07, 6.45) is 9.91. The molecule has 0 spiro atoms. The van der Waals surface area contributed by atoms with E-state index in [2.05, 4.69) is 88.1 Å². The molecule has 0 saturated carbocycles. The van der Waals surface area contributed by atoms with E-state index in [1.165, 1.54) is 0 Å². The fourth-order valence-corrected chi connectivity index (χ4v) is 5.48. The molecule has 8 heteroatoms. The number of aromatic nitrogens is 4. The van der Waals surface area contributed by atoms with Gasteiger partial charge in [0, 0.05) is 90.2 Å². The van der Waals surface area contributed by atoms with E-state index >= 15 is 0 Å². The van der Waals surface area contributed by atoms with Crippen LogP contribution < -0.4 is 0 Å². The van der Waals surface area contributed by atoms with Crippen LogP contribution in [0.2, 0.25) is 0 Å². The van der Waals surface area contributed by atoms with Crippen molar-refractivity contribution >= 4 is 0 Å². The van der Waals surface area contributed by atoms with Crippen molar-refractivity contribution in [3.63, 3.8) is 0 Å². The first-order chi connectivity index (χ1) is 20.8. The second kappa shape index (κ2) is 16.8. The van der Waals surface area contributed by atoms with Gasteiger partial charge >= 0.3 is 0 Å². The van der Waals surface area contributed by atoms with Gasteiger partial charge in [-0.25, -0.2) is 0 Å². The third kappa shape index (κ3) is 10.4. The van der Waals surface area contributed by atoms with Gasteiger partial charge in [-0.2, -0.15) is 0 Å². The first-order valence-corrected chi connectivity index (χ1v) is 15.3. The van der Waals surface area contributed by atoms with Crippen LogP contribution in [0, 0.1) is 0 Å². The molecule has 0 atom stereocenters. The van der Waals surface area contributed by atoms with E-state index in [1.807, 2.05) is 49.1 Å². The quantitative estimate of drug-likeness (QED) is 0.313. The second-order valence-electron chi connectivity index (χ2n) is 11.1. The maximum Gasteiger partial charge on any atom is 0.0543 e. The van der Waals surface area contributed by atoms with Gasteiger partial charge < -0.3 is 0 Å². The Kier molecular flexibility index (Phi) is 11.9. The van der Waals surface area contributed by atoms with Crippen LogP contribution in [0.3, 0.4) is 0 Å². The van der Waals surface area contributed by atoms with Gasteiger partial charge in [0.1, 0.15) is 0 Å². The summed E-state index contributed by atoms with van der Waals surface area (Å²) in [7, 11) is 0. The molecule has 0 amide bonds. The lowest BCUT2D eigenvalue weighted by atomic mass is 10.2. The summed E-state index contributed by atoms with van der Waals surface area (Å²) in [5.74, 6) is 0. The predicted molar refractivity (Wildman–Crippen MR) is 167 cm³/mol. The van der Waals surface area contributed by atoms with E-state index in [-0.39, 0.29) is 0 Å². The van der Waals surface area contributed by atoms with Crippen molar-refractivity contribution in [1.82, 2.24) is 39.5 Å². The summed E-state index contributed by atoms with van der Waals surface area (Å²) in [4.78, 5) is 28.9. The maximum absolute atomic E-state index is 4.65. The Bertz CT molecular complexity index is 1160. The van der Waals surface area contributed by atoms with Crippen LogP contribution in [0.4, 0.5) is 0 Å². The molecule has 0 radical (unpaired) electrons. The number of rotatable bonds is 8. The highest BCUT2D eigenvalue weighted by atomic mass is 15.2. The van der Waals surface area contributed by atoms with Gasteiger partial charge in [0.25, 0.3) is 0 Å². The molecule has 42 heavy (non-hydrogen) atoms. The van der Waals surface area contributed by atoms with Gasteiger partial charge in [-0.1, -0.05) is 24.3 Å². The number of pyridine rings is 4. The molecule has 4 aromatic heterocycles. The van der Waals surface area contributed by atoms with Crippen molar-refractivity contribution in [3.8, 4) is 0 Å². The van der Waals surface area contributed by atoms with Crippen molar-refractivity contribution in [2.75, 3.05) is 52.4 Å². The minimum absolute atomic E-state index is 0.849. The molecule has 220 valence electrons. The highest BCUT2D eigenvalue weighted by molar-refractivity contribution is 5.06. The smallest absolute Gasteiger partial charge is 0.0543 e. The second-order valence-corrected chi connectivity index (χ2v) is 11.1. The van der Waals surface area contributed by atoms with Crippen molar-refractivity contribution in [1.29, 1.82) is 0 Å². The molecule has 0 bridgehead atoms. The first kappa shape index (κ1) is 29.9. The van der Waals surface area contributed by atoms with E-state index in [0.29, 0.717) is 0 Å². The van der Waals surface area contributed by atoms with E-state index in [0.717, 1.165) is 114 Å². The molecule has 0 aliphatic carbocycles. The summed E-state index contributed by atoms with van der Waals surface area (Å²) >= 11 is 0. The summed E-state index contributed by atoms with van der Waals surface area (Å²) in [6.45, 7) is 11.5. The molecule has 1 saturated heterocycles. The zero-order valence-electron chi connectivity index (χ0n) is 24.7. The summed E-state index contributed by atoms with van der Waals surface area (Å²) in [6, 6.07) is 24.9. The Morgan fingerprint density at radius 3 is 0.857 bits per heavy atom. The maximum atomic E-state index is 4.65. The van der Waals surface area contributed by atoms with Crippen molar-refractivity contribution in [2.24, 2.45) is 0 Å². The van der Waals surface area contributed by atoms with Gasteiger partial charge in [-0.3, -0.25) is 39.5 Å². The van der Waals surface area contributed by atoms with E-state index < -0.39 is 0 Å². The third-order valence-electron chi connectivity index (χ3n) is 7.84. The third-order valence-corrected chi connectivity index (χ3v) is 7.84. The predicted octanol–water partition coefficient (Wildman–Crippen LogP) is 4.37. The fourth-order valence-electron chi connectivity index (χ4n) is 5.48. The van der Waals surface area contributed by atoms with Crippen molar-refractivity contribution in [2.45, 2.75) is 39.0 Å². The SMILES string of the molecule is c1ccc(CN2CCCCN(Cc3ccccn3)CCN(Cc3ccccn3)CCN(Cc3ccccn3)CC2)nc1. The molecular weight excluding hydrogens is 520 g/mol. The zero-order chi connectivity index (χ0) is 28.7. The van der Waals surface area contributed by atoms with Crippen molar-refractivity contribution in [3.05, 3.63) is 120 Å². The lowest BCUT2D eigenvalue weighted by Crippen LogP contribution is -2.42. The molecule has 5 heterocycles. The molecule has 1 fully saturated rings. The molecule has 5 rings (SSSR count). The van der Waals surface area contributed by atoms with Crippen molar-refractivity contribution < 1.29 is 0 Å². The molecule has 8 nitrogen and oxygen atoms in total. The number of hydrogen-bond donors (Lipinski definition) is 0. The van der Waals surface area contributed by atoms with Crippen LogP contribution in [-0.2, 0) is 26.2 Å². The molecule has 0 N–H and O–H groups in total. The standard InChI is InChI=1S/C34H44N8/c1-5-15-35-31(11-1)27-39-19-9-10-20-40(28-32-12-2-6-16-36-32)22-24-42(30-34-14-4-8-18-38-34)26-25-41(23-21-39)29-33-13-3-7-17-37-33/h1-8,11-18H,9-10,19-30H2. The highest BCUT2D eigenvalue weighted by Gasteiger charge is 2.17. The highest BCUT2D eigenvalue weighted by Crippen LogP contribution is 2.11. The van der Waals surface area contributed by atoms with Crippen LogP contribution >= 0.6 is 0 Å². The van der Waals surface area contributed by atoms with Crippen LogP contribution in [-0.4, -0.2) is 91.9 Å². The zero-order valence-corrected chi connectivity index (χ0v) is 24.7. The van der Waals surface area contributed by atoms with Crippen LogP contribution in [0.15, 0.2) is 97.6 Å². The largest absolute Gasteiger partial charge is 0.296 e. The number of hydrogen-bond acceptors (Lipinski definition) is 8. The van der Waals surface area contributed by atoms with Crippen LogP contribution in [0.25, 0.3) is 0 Å². The lowest BCUT2D eigenvalue weighted by molar-refractivity contribution is 0.139. The van der Waals surface area contributed by atoms with Crippen LogP contribution in [0.1, 0.15) is 35.6 Å². The Balaban J connectivity index is 1.33. The lowest BCUT2D eigenvalue weighted by Gasteiger charge is -2.32. The van der Waals surface area contributed by atoms with Gasteiger partial charge in [-0.15, -0.1) is 0 Å². The number of nitrogens with zero attached hydrogens (tertiary/aromatic N) is 8. The Morgan fingerprint density at radius 1 is 0.357 bits per heavy atom. The van der Waals surface area contributed by atoms with Gasteiger partial charge in [-0.05, 0) is 74.5 Å².